The predicted octanol–water partition coefficient (Wildman–Crippen LogP) is 3.14. The Hall–Kier alpha value is -0.740. The highest BCUT2D eigenvalue weighted by Crippen LogP contribution is 2.41. The van der Waals surface area contributed by atoms with Gasteiger partial charge < -0.3 is 5.32 Å². The maximum absolute atomic E-state index is 14.2. The second-order valence-corrected chi connectivity index (χ2v) is 8.17. The summed E-state index contributed by atoms with van der Waals surface area (Å²) in [5, 5.41) is 3.65. The van der Waals surface area contributed by atoms with E-state index in [2.05, 4.69) is 5.32 Å². The van der Waals surface area contributed by atoms with E-state index in [0.717, 1.165) is 49.3 Å². The molecule has 0 atom stereocenters. The Balaban J connectivity index is 1.70. The van der Waals surface area contributed by atoms with Gasteiger partial charge in [0, 0.05) is 40.3 Å². The van der Waals surface area contributed by atoms with Gasteiger partial charge in [0.1, 0.15) is 5.82 Å². The van der Waals surface area contributed by atoms with Crippen molar-refractivity contribution >= 4 is 10.8 Å². The van der Waals surface area contributed by atoms with Crippen LogP contribution in [0.3, 0.4) is 0 Å². The van der Waals surface area contributed by atoms with Crippen molar-refractivity contribution in [3.05, 3.63) is 35.6 Å². The zero-order valence-corrected chi connectivity index (χ0v) is 13.3. The Kier molecular flexibility index (Phi) is 4.75. The molecule has 0 amide bonds. The normalized spacial score (nSPS) is 28.6. The highest BCUT2D eigenvalue weighted by Gasteiger charge is 2.37. The lowest BCUT2D eigenvalue weighted by Crippen LogP contribution is -2.44. The van der Waals surface area contributed by atoms with Crippen molar-refractivity contribution in [1.29, 1.82) is 0 Å². The summed E-state index contributed by atoms with van der Waals surface area (Å²) in [6.07, 6.45) is 6.48. The van der Waals surface area contributed by atoms with Crippen LogP contribution in [0.15, 0.2) is 24.3 Å². The van der Waals surface area contributed by atoms with Gasteiger partial charge >= 0.3 is 0 Å². The topological polar surface area (TPSA) is 29.1 Å². The second kappa shape index (κ2) is 6.57. The van der Waals surface area contributed by atoms with Crippen molar-refractivity contribution in [3.63, 3.8) is 0 Å². The first kappa shape index (κ1) is 15.2. The van der Waals surface area contributed by atoms with E-state index >= 15 is 0 Å². The standard InChI is InChI=1S/C17H24FNOS/c18-16-6-2-1-5-15(16)17(9-3-4-10-17)13-19-14-7-11-21(20)12-8-14/h1-2,5-6,14,19H,3-4,7-13H2. The molecule has 116 valence electrons. The van der Waals surface area contributed by atoms with Gasteiger partial charge in [-0.25, -0.2) is 4.39 Å². The van der Waals surface area contributed by atoms with E-state index in [1.165, 1.54) is 12.8 Å². The lowest BCUT2D eigenvalue weighted by atomic mass is 9.78. The van der Waals surface area contributed by atoms with Gasteiger partial charge in [0.25, 0.3) is 0 Å². The molecule has 1 aliphatic carbocycles. The van der Waals surface area contributed by atoms with E-state index in [4.69, 9.17) is 0 Å². The van der Waals surface area contributed by atoms with Gasteiger partial charge in [-0.1, -0.05) is 31.0 Å². The molecule has 4 heteroatoms. The molecule has 1 aromatic rings. The summed E-state index contributed by atoms with van der Waals surface area (Å²) in [6.45, 7) is 0.852. The van der Waals surface area contributed by atoms with Gasteiger partial charge in [-0.3, -0.25) is 4.21 Å². The van der Waals surface area contributed by atoms with Crippen LogP contribution in [-0.4, -0.2) is 28.3 Å². The van der Waals surface area contributed by atoms with Crippen molar-refractivity contribution in [3.8, 4) is 0 Å². The second-order valence-electron chi connectivity index (χ2n) is 6.47. The fourth-order valence-corrected chi connectivity index (χ4v) is 5.12. The fraction of sp³-hybridized carbons (Fsp3) is 0.647. The van der Waals surface area contributed by atoms with Gasteiger partial charge in [0.2, 0.25) is 0 Å². The third-order valence-corrected chi connectivity index (χ3v) is 6.51. The molecule has 1 saturated carbocycles. The Labute approximate surface area is 129 Å². The number of nitrogens with one attached hydrogen (secondary N) is 1. The Morgan fingerprint density at radius 1 is 1.19 bits per heavy atom. The van der Waals surface area contributed by atoms with Crippen LogP contribution in [0.25, 0.3) is 0 Å². The van der Waals surface area contributed by atoms with Crippen molar-refractivity contribution < 1.29 is 8.60 Å². The molecular weight excluding hydrogens is 285 g/mol. The summed E-state index contributed by atoms with van der Waals surface area (Å²) in [5.74, 6) is 1.56. The molecule has 3 rings (SSSR count). The Bertz CT molecular complexity index is 503. The summed E-state index contributed by atoms with van der Waals surface area (Å²) in [7, 11) is -0.617. The molecule has 0 radical (unpaired) electrons. The van der Waals surface area contributed by atoms with Gasteiger partial charge in [0.05, 0.1) is 0 Å². The summed E-state index contributed by atoms with van der Waals surface area (Å²) < 4.78 is 25.7. The molecular formula is C17H24FNOS. The average molecular weight is 309 g/mol. The van der Waals surface area contributed by atoms with Gasteiger partial charge in [0.15, 0.2) is 0 Å². The first-order valence-electron chi connectivity index (χ1n) is 8.03. The molecule has 1 heterocycles. The first-order chi connectivity index (χ1) is 10.2. The highest BCUT2D eigenvalue weighted by atomic mass is 32.2. The van der Waals surface area contributed by atoms with Crippen molar-refractivity contribution in [2.75, 3.05) is 18.1 Å². The Morgan fingerprint density at radius 2 is 1.86 bits per heavy atom. The summed E-state index contributed by atoms with van der Waals surface area (Å²) in [5.41, 5.74) is 0.844. The van der Waals surface area contributed by atoms with Crippen LogP contribution in [0.2, 0.25) is 0 Å². The van der Waals surface area contributed by atoms with Crippen molar-refractivity contribution in [1.82, 2.24) is 5.32 Å². The van der Waals surface area contributed by atoms with E-state index in [1.807, 2.05) is 12.1 Å². The van der Waals surface area contributed by atoms with Crippen molar-refractivity contribution in [2.45, 2.75) is 50.0 Å². The molecule has 1 saturated heterocycles. The minimum absolute atomic E-state index is 0.0397. The summed E-state index contributed by atoms with van der Waals surface area (Å²) >= 11 is 0. The third kappa shape index (κ3) is 3.37. The maximum Gasteiger partial charge on any atom is 0.127 e. The van der Waals surface area contributed by atoms with E-state index in [9.17, 15) is 8.60 Å². The lowest BCUT2D eigenvalue weighted by molar-refractivity contribution is 0.351. The third-order valence-electron chi connectivity index (χ3n) is 5.12. The smallest absolute Gasteiger partial charge is 0.127 e. The quantitative estimate of drug-likeness (QED) is 0.926. The zero-order chi connectivity index (χ0) is 14.7. The van der Waals surface area contributed by atoms with E-state index in [1.54, 1.807) is 12.1 Å². The zero-order valence-electron chi connectivity index (χ0n) is 12.4. The Morgan fingerprint density at radius 3 is 2.52 bits per heavy atom. The molecule has 0 aromatic heterocycles. The monoisotopic (exact) mass is 309 g/mol. The van der Waals surface area contributed by atoms with Crippen LogP contribution in [0.4, 0.5) is 4.39 Å². The highest BCUT2D eigenvalue weighted by molar-refractivity contribution is 7.85. The first-order valence-corrected chi connectivity index (χ1v) is 9.52. The molecule has 2 nitrogen and oxygen atoms in total. The van der Waals surface area contributed by atoms with E-state index in [0.29, 0.717) is 6.04 Å². The lowest BCUT2D eigenvalue weighted by Gasteiger charge is -2.33. The molecule has 21 heavy (non-hydrogen) atoms. The number of hydrogen-bond donors (Lipinski definition) is 1. The van der Waals surface area contributed by atoms with E-state index in [-0.39, 0.29) is 11.2 Å². The molecule has 2 fully saturated rings. The molecule has 1 N–H and O–H groups in total. The minimum Gasteiger partial charge on any atom is -0.313 e. The van der Waals surface area contributed by atoms with Crippen LogP contribution in [0.1, 0.15) is 44.1 Å². The van der Waals surface area contributed by atoms with Gasteiger partial charge in [-0.2, -0.15) is 0 Å². The van der Waals surface area contributed by atoms with E-state index < -0.39 is 10.8 Å². The largest absolute Gasteiger partial charge is 0.313 e. The average Bonchev–Trinajstić information content (AvgIpc) is 2.97. The van der Waals surface area contributed by atoms with Crippen LogP contribution in [0, 0.1) is 5.82 Å². The minimum atomic E-state index is -0.617. The molecule has 2 aliphatic rings. The molecule has 1 aromatic carbocycles. The summed E-state index contributed by atoms with van der Waals surface area (Å²) in [4.78, 5) is 0. The van der Waals surface area contributed by atoms with Crippen LogP contribution >= 0.6 is 0 Å². The molecule has 1 aliphatic heterocycles. The number of hydrogen-bond acceptors (Lipinski definition) is 2. The van der Waals surface area contributed by atoms with Gasteiger partial charge in [-0.05, 0) is 37.3 Å². The number of rotatable bonds is 4. The molecule has 0 unspecified atom stereocenters. The summed E-state index contributed by atoms with van der Waals surface area (Å²) in [6, 6.07) is 7.71. The van der Waals surface area contributed by atoms with Crippen LogP contribution < -0.4 is 5.32 Å². The predicted molar refractivity (Wildman–Crippen MR) is 85.4 cm³/mol. The fourth-order valence-electron chi connectivity index (χ4n) is 3.82. The SMILES string of the molecule is O=S1CCC(NCC2(c3ccccc3F)CCCC2)CC1. The van der Waals surface area contributed by atoms with Crippen LogP contribution in [0.5, 0.6) is 0 Å². The maximum atomic E-state index is 14.2. The molecule has 0 bridgehead atoms. The van der Waals surface area contributed by atoms with Crippen LogP contribution in [-0.2, 0) is 16.2 Å². The van der Waals surface area contributed by atoms with Crippen molar-refractivity contribution in [2.24, 2.45) is 0 Å². The van der Waals surface area contributed by atoms with Gasteiger partial charge in [-0.15, -0.1) is 0 Å². The number of benzene rings is 1. The number of halogens is 1. The molecule has 0 spiro atoms.